The van der Waals surface area contributed by atoms with Crippen LogP contribution < -0.4 is 5.32 Å². The van der Waals surface area contributed by atoms with Crippen molar-refractivity contribution in [1.82, 2.24) is 9.97 Å². The zero-order valence-electron chi connectivity index (χ0n) is 10.9. The van der Waals surface area contributed by atoms with Gasteiger partial charge in [0, 0.05) is 18.4 Å². The number of benzene rings is 1. The summed E-state index contributed by atoms with van der Waals surface area (Å²) in [4.78, 5) is 19.7. The maximum absolute atomic E-state index is 10.9. The highest BCUT2D eigenvalue weighted by Gasteiger charge is 2.12. The predicted octanol–water partition coefficient (Wildman–Crippen LogP) is 3.11. The summed E-state index contributed by atoms with van der Waals surface area (Å²) >= 11 is 1.38. The molecule has 0 spiro atoms. The van der Waals surface area contributed by atoms with Crippen molar-refractivity contribution >= 4 is 23.3 Å². The van der Waals surface area contributed by atoms with E-state index in [1.54, 1.807) is 30.6 Å². The van der Waals surface area contributed by atoms with Gasteiger partial charge in [-0.05, 0) is 13.0 Å². The van der Waals surface area contributed by atoms with E-state index in [0.717, 1.165) is 18.1 Å². The first-order chi connectivity index (χ1) is 9.70. The summed E-state index contributed by atoms with van der Waals surface area (Å²) in [5.74, 6) is 1.27. The van der Waals surface area contributed by atoms with Gasteiger partial charge >= 0.3 is 0 Å². The zero-order valence-corrected chi connectivity index (χ0v) is 11.8. The Kier molecular flexibility index (Phi) is 4.89. The Balaban J connectivity index is 2.03. The molecule has 1 aromatic carbocycles. The molecule has 0 unspecified atom stereocenters. The summed E-state index contributed by atoms with van der Waals surface area (Å²) < 4.78 is 0. The van der Waals surface area contributed by atoms with E-state index in [1.807, 2.05) is 6.92 Å². The Morgan fingerprint density at radius 1 is 1.30 bits per heavy atom. The molecule has 0 atom stereocenters. The number of thioether (sulfide) groups is 1. The molecule has 2 rings (SSSR count). The van der Waals surface area contributed by atoms with Crippen molar-refractivity contribution in [2.45, 2.75) is 17.6 Å². The van der Waals surface area contributed by atoms with Crippen LogP contribution in [0.25, 0.3) is 0 Å². The third-order valence-corrected chi connectivity index (χ3v) is 3.60. The van der Waals surface area contributed by atoms with E-state index in [-0.39, 0.29) is 10.6 Å². The minimum absolute atomic E-state index is 0.120. The fourth-order valence-corrected chi connectivity index (χ4v) is 2.50. The zero-order chi connectivity index (χ0) is 14.4. The lowest BCUT2D eigenvalue weighted by atomic mass is 10.3. The number of hydrogen-bond acceptors (Lipinski definition) is 6. The topological polar surface area (TPSA) is 81.0 Å². The Morgan fingerprint density at radius 2 is 2.10 bits per heavy atom. The molecule has 0 saturated heterocycles. The van der Waals surface area contributed by atoms with Crippen LogP contribution in [0.5, 0.6) is 0 Å². The summed E-state index contributed by atoms with van der Waals surface area (Å²) in [7, 11) is 0. The molecule has 2 aromatic rings. The fraction of sp³-hybridized carbons (Fsp3) is 0.231. The number of hydrogen-bond donors (Lipinski definition) is 1. The fourth-order valence-electron chi connectivity index (χ4n) is 1.58. The van der Waals surface area contributed by atoms with Crippen LogP contribution in [0.4, 0.5) is 11.5 Å². The van der Waals surface area contributed by atoms with Gasteiger partial charge in [-0.3, -0.25) is 15.1 Å². The van der Waals surface area contributed by atoms with Crippen LogP contribution >= 0.6 is 11.8 Å². The highest BCUT2D eigenvalue weighted by molar-refractivity contribution is 7.98. The van der Waals surface area contributed by atoms with Crippen LogP contribution in [0.2, 0.25) is 0 Å². The number of anilines is 1. The minimum Gasteiger partial charge on any atom is -0.369 e. The molecule has 0 amide bonds. The summed E-state index contributed by atoms with van der Waals surface area (Å²) in [5, 5.41) is 14.0. The van der Waals surface area contributed by atoms with Gasteiger partial charge in [0.15, 0.2) is 0 Å². The van der Waals surface area contributed by atoms with Gasteiger partial charge in [0.2, 0.25) is 0 Å². The van der Waals surface area contributed by atoms with Gasteiger partial charge in [0.25, 0.3) is 5.69 Å². The average Bonchev–Trinajstić information content (AvgIpc) is 2.47. The van der Waals surface area contributed by atoms with Gasteiger partial charge in [-0.1, -0.05) is 12.1 Å². The Hall–Kier alpha value is -2.15. The standard InChI is InChI=1S/C13H14N4O2S/c1-2-14-13-8-15-10(7-16-13)9-20-12-6-4-3-5-11(12)17(18)19/h3-8H,2,9H2,1H3,(H,14,16). The third-order valence-electron chi connectivity index (χ3n) is 2.50. The molecular weight excluding hydrogens is 276 g/mol. The lowest BCUT2D eigenvalue weighted by molar-refractivity contribution is -0.387. The van der Waals surface area contributed by atoms with E-state index < -0.39 is 0 Å². The largest absolute Gasteiger partial charge is 0.369 e. The van der Waals surface area contributed by atoms with Crippen LogP contribution in [0, 0.1) is 10.1 Å². The minimum atomic E-state index is -0.373. The molecule has 0 aliphatic rings. The first-order valence-electron chi connectivity index (χ1n) is 6.11. The van der Waals surface area contributed by atoms with Gasteiger partial charge < -0.3 is 5.32 Å². The van der Waals surface area contributed by atoms with Crippen molar-refractivity contribution in [2.24, 2.45) is 0 Å². The average molecular weight is 290 g/mol. The third kappa shape index (κ3) is 3.67. The van der Waals surface area contributed by atoms with E-state index in [9.17, 15) is 10.1 Å². The van der Waals surface area contributed by atoms with Gasteiger partial charge in [0.1, 0.15) is 5.82 Å². The van der Waals surface area contributed by atoms with Crippen molar-refractivity contribution in [1.29, 1.82) is 0 Å². The van der Waals surface area contributed by atoms with Gasteiger partial charge in [-0.15, -0.1) is 11.8 Å². The van der Waals surface area contributed by atoms with Crippen molar-refractivity contribution in [3.8, 4) is 0 Å². The van der Waals surface area contributed by atoms with Gasteiger partial charge in [-0.25, -0.2) is 4.98 Å². The molecule has 104 valence electrons. The van der Waals surface area contributed by atoms with Crippen molar-refractivity contribution in [3.05, 3.63) is 52.5 Å². The molecule has 0 fully saturated rings. The first kappa shape index (κ1) is 14.3. The molecule has 0 bridgehead atoms. The Labute approximate surface area is 120 Å². The van der Waals surface area contributed by atoms with E-state index in [4.69, 9.17) is 0 Å². The molecule has 1 N–H and O–H groups in total. The normalized spacial score (nSPS) is 10.2. The number of nitro groups is 1. The second-order valence-electron chi connectivity index (χ2n) is 3.94. The van der Waals surface area contributed by atoms with E-state index >= 15 is 0 Å². The molecule has 6 nitrogen and oxygen atoms in total. The number of para-hydroxylation sites is 1. The van der Waals surface area contributed by atoms with Crippen LogP contribution in [0.1, 0.15) is 12.6 Å². The molecule has 0 radical (unpaired) electrons. The van der Waals surface area contributed by atoms with Crippen LogP contribution in [-0.2, 0) is 5.75 Å². The Morgan fingerprint density at radius 3 is 2.75 bits per heavy atom. The molecule has 7 heteroatoms. The van der Waals surface area contributed by atoms with Crippen LogP contribution in [0.15, 0.2) is 41.6 Å². The van der Waals surface area contributed by atoms with Crippen molar-refractivity contribution < 1.29 is 4.92 Å². The number of rotatable bonds is 6. The number of nitro benzene ring substituents is 1. The monoisotopic (exact) mass is 290 g/mol. The highest BCUT2D eigenvalue weighted by Crippen LogP contribution is 2.30. The second-order valence-corrected chi connectivity index (χ2v) is 4.95. The SMILES string of the molecule is CCNc1cnc(CSc2ccccc2[N+](=O)[O-])cn1. The second kappa shape index (κ2) is 6.85. The van der Waals surface area contributed by atoms with Crippen molar-refractivity contribution in [3.63, 3.8) is 0 Å². The van der Waals surface area contributed by atoms with E-state index in [2.05, 4.69) is 15.3 Å². The summed E-state index contributed by atoms with van der Waals surface area (Å²) in [6, 6.07) is 6.69. The molecule has 1 aromatic heterocycles. The quantitative estimate of drug-likeness (QED) is 0.500. The number of aromatic nitrogens is 2. The molecule has 20 heavy (non-hydrogen) atoms. The highest BCUT2D eigenvalue weighted by atomic mass is 32.2. The molecule has 1 heterocycles. The number of nitrogens with one attached hydrogen (secondary N) is 1. The molecule has 0 aliphatic carbocycles. The molecule has 0 aliphatic heterocycles. The lowest BCUT2D eigenvalue weighted by Crippen LogP contribution is -2.00. The maximum Gasteiger partial charge on any atom is 0.282 e. The van der Waals surface area contributed by atoms with Crippen molar-refractivity contribution in [2.75, 3.05) is 11.9 Å². The smallest absolute Gasteiger partial charge is 0.282 e. The van der Waals surface area contributed by atoms with Gasteiger partial charge in [-0.2, -0.15) is 0 Å². The predicted molar refractivity (Wildman–Crippen MR) is 78.9 cm³/mol. The van der Waals surface area contributed by atoms with Crippen LogP contribution in [-0.4, -0.2) is 21.4 Å². The lowest BCUT2D eigenvalue weighted by Gasteiger charge is -2.04. The molecular formula is C13H14N4O2S. The van der Waals surface area contributed by atoms with E-state index in [0.29, 0.717) is 10.6 Å². The Bertz CT molecular complexity index is 589. The van der Waals surface area contributed by atoms with Crippen LogP contribution in [0.3, 0.4) is 0 Å². The van der Waals surface area contributed by atoms with Gasteiger partial charge in [0.05, 0.1) is 27.9 Å². The van der Waals surface area contributed by atoms with E-state index in [1.165, 1.54) is 17.8 Å². The maximum atomic E-state index is 10.9. The number of nitrogens with zero attached hydrogens (tertiary/aromatic N) is 3. The summed E-state index contributed by atoms with van der Waals surface area (Å²) in [5.41, 5.74) is 0.907. The summed E-state index contributed by atoms with van der Waals surface area (Å²) in [6.07, 6.45) is 3.35. The first-order valence-corrected chi connectivity index (χ1v) is 7.10. The summed E-state index contributed by atoms with van der Waals surface area (Å²) in [6.45, 7) is 2.78. The molecule has 0 saturated carbocycles.